The first-order chi connectivity index (χ1) is 8.95. The molecule has 0 heterocycles. The third-order valence-electron chi connectivity index (χ3n) is 2.45. The van der Waals surface area contributed by atoms with Crippen LogP contribution < -0.4 is 5.32 Å². The minimum atomic E-state index is -1.26. The summed E-state index contributed by atoms with van der Waals surface area (Å²) in [6.45, 7) is -0.377. The molecule has 1 unspecified atom stereocenters. The van der Waals surface area contributed by atoms with Crippen LogP contribution in [0, 0.1) is 5.82 Å². The fourth-order valence-electron chi connectivity index (χ4n) is 1.49. The Balaban J connectivity index is 2.72. The predicted molar refractivity (Wildman–Crippen MR) is 66.4 cm³/mol. The van der Waals surface area contributed by atoms with Crippen LogP contribution in [0.25, 0.3) is 0 Å². The molecule has 0 saturated heterocycles. The van der Waals surface area contributed by atoms with E-state index in [0.29, 0.717) is 0 Å². The molecular weight excluding hydrogens is 277 g/mol. The number of amides is 1. The number of benzene rings is 1. The molecule has 5 nitrogen and oxygen atoms in total. The van der Waals surface area contributed by atoms with Crippen LogP contribution in [0.4, 0.5) is 4.39 Å². The number of aliphatic carboxylic acids is 1. The summed E-state index contributed by atoms with van der Waals surface area (Å²) in [5, 5.41) is 19.8. The first-order valence-corrected chi connectivity index (χ1v) is 5.89. The highest BCUT2D eigenvalue weighted by atomic mass is 35.5. The number of hydrogen-bond donors (Lipinski definition) is 3. The van der Waals surface area contributed by atoms with Crippen LogP contribution in [0.5, 0.6) is 0 Å². The van der Waals surface area contributed by atoms with Gasteiger partial charge in [-0.05, 0) is 12.1 Å². The van der Waals surface area contributed by atoms with E-state index in [1.807, 2.05) is 0 Å². The Morgan fingerprint density at radius 3 is 2.63 bits per heavy atom. The van der Waals surface area contributed by atoms with Gasteiger partial charge in [-0.25, -0.2) is 9.18 Å². The van der Waals surface area contributed by atoms with Gasteiger partial charge in [-0.2, -0.15) is 0 Å². The molecule has 0 aliphatic carbocycles. The zero-order chi connectivity index (χ0) is 14.4. The van der Waals surface area contributed by atoms with Crippen LogP contribution in [-0.4, -0.2) is 34.7 Å². The highest BCUT2D eigenvalue weighted by Gasteiger charge is 2.20. The molecule has 0 fully saturated rings. The Bertz CT molecular complexity index is 461. The number of hydrogen-bond acceptors (Lipinski definition) is 3. The molecule has 1 aromatic carbocycles. The molecule has 0 aromatic heterocycles. The summed E-state index contributed by atoms with van der Waals surface area (Å²) in [7, 11) is 0. The van der Waals surface area contributed by atoms with Gasteiger partial charge in [0.25, 0.3) is 0 Å². The molecule has 7 heteroatoms. The summed E-state index contributed by atoms with van der Waals surface area (Å²) in [4.78, 5) is 22.4. The first-order valence-electron chi connectivity index (χ1n) is 5.51. The third-order valence-corrected chi connectivity index (χ3v) is 2.80. The summed E-state index contributed by atoms with van der Waals surface area (Å²) in [6, 6.07) is 2.81. The van der Waals surface area contributed by atoms with Gasteiger partial charge in [-0.1, -0.05) is 17.7 Å². The largest absolute Gasteiger partial charge is 0.480 e. The first kappa shape index (κ1) is 15.4. The standard InChI is InChI=1S/C12H13ClFNO4/c13-8-2-1-3-9(14)7(8)6-11(17)15-10(4-5-16)12(18)19/h1-3,10,16H,4-6H2,(H,15,17)(H,18,19). The van der Waals surface area contributed by atoms with E-state index in [2.05, 4.69) is 5.32 Å². The molecule has 0 bridgehead atoms. The topological polar surface area (TPSA) is 86.6 Å². The van der Waals surface area contributed by atoms with Gasteiger partial charge in [0.15, 0.2) is 0 Å². The number of carbonyl (C=O) groups excluding carboxylic acids is 1. The molecule has 1 atom stereocenters. The molecule has 19 heavy (non-hydrogen) atoms. The maximum Gasteiger partial charge on any atom is 0.326 e. The Morgan fingerprint density at radius 2 is 2.11 bits per heavy atom. The van der Waals surface area contributed by atoms with Crippen LogP contribution in [-0.2, 0) is 16.0 Å². The van der Waals surface area contributed by atoms with Gasteiger partial charge in [-0.15, -0.1) is 0 Å². The molecule has 0 saturated carbocycles. The van der Waals surface area contributed by atoms with E-state index in [4.69, 9.17) is 21.8 Å². The van der Waals surface area contributed by atoms with Crippen LogP contribution in [0.2, 0.25) is 5.02 Å². The van der Waals surface area contributed by atoms with Crippen molar-refractivity contribution in [2.45, 2.75) is 18.9 Å². The lowest BCUT2D eigenvalue weighted by Crippen LogP contribution is -2.42. The molecule has 0 aliphatic heterocycles. The zero-order valence-electron chi connectivity index (χ0n) is 9.90. The Kier molecular flexibility index (Phi) is 5.72. The van der Waals surface area contributed by atoms with E-state index in [1.165, 1.54) is 12.1 Å². The summed E-state index contributed by atoms with van der Waals surface area (Å²) >= 11 is 5.76. The maximum atomic E-state index is 13.4. The van der Waals surface area contributed by atoms with Crippen molar-refractivity contribution in [2.75, 3.05) is 6.61 Å². The summed E-state index contributed by atoms with van der Waals surface area (Å²) in [5.41, 5.74) is 0.00908. The lowest BCUT2D eigenvalue weighted by atomic mass is 10.1. The molecule has 0 radical (unpaired) electrons. The Hall–Kier alpha value is -1.66. The van der Waals surface area contributed by atoms with Gasteiger partial charge >= 0.3 is 5.97 Å². The molecule has 0 aliphatic rings. The van der Waals surface area contributed by atoms with E-state index in [1.54, 1.807) is 0 Å². The second-order valence-corrected chi connectivity index (χ2v) is 4.25. The smallest absolute Gasteiger partial charge is 0.326 e. The van der Waals surface area contributed by atoms with Crippen molar-refractivity contribution in [1.29, 1.82) is 0 Å². The molecule has 3 N–H and O–H groups in total. The van der Waals surface area contributed by atoms with Gasteiger partial charge in [0, 0.05) is 23.6 Å². The van der Waals surface area contributed by atoms with Crippen molar-refractivity contribution in [3.8, 4) is 0 Å². The zero-order valence-corrected chi connectivity index (χ0v) is 10.7. The van der Waals surface area contributed by atoms with Crippen molar-refractivity contribution in [3.63, 3.8) is 0 Å². The predicted octanol–water partition coefficient (Wildman–Crippen LogP) is 0.973. The van der Waals surface area contributed by atoms with E-state index < -0.39 is 23.7 Å². The van der Waals surface area contributed by atoms with Gasteiger partial charge in [0.05, 0.1) is 6.42 Å². The van der Waals surface area contributed by atoms with E-state index in [0.717, 1.165) is 6.07 Å². The van der Waals surface area contributed by atoms with Gasteiger partial charge in [0.2, 0.25) is 5.91 Å². The number of carbonyl (C=O) groups is 2. The van der Waals surface area contributed by atoms with Crippen molar-refractivity contribution in [2.24, 2.45) is 0 Å². The fourth-order valence-corrected chi connectivity index (χ4v) is 1.72. The van der Waals surface area contributed by atoms with Crippen LogP contribution in [0.1, 0.15) is 12.0 Å². The number of aliphatic hydroxyl groups excluding tert-OH is 1. The summed E-state index contributed by atoms with van der Waals surface area (Å²) < 4.78 is 13.4. The number of rotatable bonds is 6. The normalized spacial score (nSPS) is 11.9. The highest BCUT2D eigenvalue weighted by Crippen LogP contribution is 2.19. The maximum absolute atomic E-state index is 13.4. The summed E-state index contributed by atoms with van der Waals surface area (Å²) in [5.74, 6) is -2.56. The third kappa shape index (κ3) is 4.50. The number of nitrogens with one attached hydrogen (secondary N) is 1. The van der Waals surface area contributed by atoms with Crippen molar-refractivity contribution in [1.82, 2.24) is 5.32 Å². The quantitative estimate of drug-likeness (QED) is 0.728. The van der Waals surface area contributed by atoms with Gasteiger partial charge in [0.1, 0.15) is 11.9 Å². The summed E-state index contributed by atoms with van der Waals surface area (Å²) in [6.07, 6.45) is -0.479. The lowest BCUT2D eigenvalue weighted by Gasteiger charge is -2.13. The average Bonchev–Trinajstić information content (AvgIpc) is 2.33. The van der Waals surface area contributed by atoms with Crippen molar-refractivity contribution >= 4 is 23.5 Å². The highest BCUT2D eigenvalue weighted by molar-refractivity contribution is 6.31. The van der Waals surface area contributed by atoms with Gasteiger partial charge < -0.3 is 15.5 Å². The van der Waals surface area contributed by atoms with Crippen LogP contribution in [0.15, 0.2) is 18.2 Å². The molecule has 1 rings (SSSR count). The Morgan fingerprint density at radius 1 is 1.42 bits per heavy atom. The number of halogens is 2. The SMILES string of the molecule is O=C(Cc1c(F)cccc1Cl)NC(CCO)C(=O)O. The average molecular weight is 290 g/mol. The number of aliphatic hydroxyl groups is 1. The van der Waals surface area contributed by atoms with Crippen molar-refractivity contribution in [3.05, 3.63) is 34.6 Å². The molecule has 1 amide bonds. The minimum Gasteiger partial charge on any atom is -0.480 e. The number of carboxylic acid groups (broad SMARTS) is 1. The minimum absolute atomic E-state index is 0.00908. The molecule has 0 spiro atoms. The molecular formula is C12H13ClFNO4. The van der Waals surface area contributed by atoms with Crippen LogP contribution in [0.3, 0.4) is 0 Å². The van der Waals surface area contributed by atoms with Crippen molar-refractivity contribution < 1.29 is 24.2 Å². The lowest BCUT2D eigenvalue weighted by molar-refractivity contribution is -0.142. The van der Waals surface area contributed by atoms with E-state index in [-0.39, 0.29) is 30.0 Å². The van der Waals surface area contributed by atoms with E-state index in [9.17, 15) is 14.0 Å². The van der Waals surface area contributed by atoms with Crippen LogP contribution >= 0.6 is 11.6 Å². The van der Waals surface area contributed by atoms with E-state index >= 15 is 0 Å². The molecule has 1 aromatic rings. The number of carboxylic acids is 1. The monoisotopic (exact) mass is 289 g/mol. The van der Waals surface area contributed by atoms with Gasteiger partial charge in [-0.3, -0.25) is 4.79 Å². The second kappa shape index (κ2) is 7.06. The molecule has 104 valence electrons. The second-order valence-electron chi connectivity index (χ2n) is 3.85. The fraction of sp³-hybridized carbons (Fsp3) is 0.333. The Labute approximate surface area is 114 Å².